The number of hydrogen-bond donors (Lipinski definition) is 1. The van der Waals surface area contributed by atoms with E-state index in [-0.39, 0.29) is 28.1 Å². The summed E-state index contributed by atoms with van der Waals surface area (Å²) in [5, 5.41) is 3.11. The largest absolute Gasteiger partial charge is 0.350 e. The Kier molecular flexibility index (Phi) is 9.46. The van der Waals surface area contributed by atoms with Crippen molar-refractivity contribution in [2.75, 3.05) is 10.8 Å². The van der Waals surface area contributed by atoms with Gasteiger partial charge in [0.2, 0.25) is 11.8 Å². The molecule has 0 aliphatic rings. The Morgan fingerprint density at radius 3 is 2.15 bits per heavy atom. The van der Waals surface area contributed by atoms with Crippen molar-refractivity contribution in [3.05, 3.63) is 94.5 Å². The van der Waals surface area contributed by atoms with E-state index in [1.807, 2.05) is 58.9 Å². The van der Waals surface area contributed by atoms with Crippen molar-refractivity contribution < 1.29 is 18.0 Å². The lowest BCUT2D eigenvalue weighted by molar-refractivity contribution is -0.140. The number of hydrogen-bond acceptors (Lipinski definition) is 4. The highest BCUT2D eigenvalue weighted by atomic mass is 35.5. The van der Waals surface area contributed by atoms with Crippen LogP contribution < -0.4 is 9.62 Å². The SMILES string of the molecule is Cc1ccc(S(=O)(=O)N(CC(=O)N(Cc2cccc(C)c2)[C@@H](C)C(=O)NC(C)(C)C)c2ccccc2Cl)cc1. The molecule has 0 aromatic heterocycles. The van der Waals surface area contributed by atoms with Crippen molar-refractivity contribution in [3.8, 4) is 0 Å². The number of anilines is 1. The molecule has 0 saturated heterocycles. The van der Waals surface area contributed by atoms with Gasteiger partial charge >= 0.3 is 0 Å². The maximum Gasteiger partial charge on any atom is 0.264 e. The number of nitrogens with one attached hydrogen (secondary N) is 1. The maximum absolute atomic E-state index is 14.0. The zero-order valence-electron chi connectivity index (χ0n) is 23.2. The van der Waals surface area contributed by atoms with E-state index in [9.17, 15) is 18.0 Å². The second kappa shape index (κ2) is 12.2. The summed E-state index contributed by atoms with van der Waals surface area (Å²) < 4.78 is 28.7. The van der Waals surface area contributed by atoms with Gasteiger partial charge in [0.25, 0.3) is 10.0 Å². The smallest absolute Gasteiger partial charge is 0.264 e. The molecule has 0 fully saturated rings. The zero-order chi connectivity index (χ0) is 29.0. The first-order chi connectivity index (χ1) is 18.2. The van der Waals surface area contributed by atoms with E-state index >= 15 is 0 Å². The Morgan fingerprint density at radius 2 is 1.56 bits per heavy atom. The molecule has 0 bridgehead atoms. The van der Waals surface area contributed by atoms with Crippen molar-refractivity contribution in [1.82, 2.24) is 10.2 Å². The normalized spacial score (nSPS) is 12.5. The molecule has 7 nitrogen and oxygen atoms in total. The monoisotopic (exact) mass is 569 g/mol. The summed E-state index contributed by atoms with van der Waals surface area (Å²) in [6.07, 6.45) is 0. The highest BCUT2D eigenvalue weighted by molar-refractivity contribution is 7.92. The van der Waals surface area contributed by atoms with Crippen LogP contribution in [0.4, 0.5) is 5.69 Å². The Bertz CT molecular complexity index is 1430. The van der Waals surface area contributed by atoms with E-state index in [0.717, 1.165) is 21.0 Å². The fraction of sp³-hybridized carbons (Fsp3) is 0.333. The highest BCUT2D eigenvalue weighted by Gasteiger charge is 2.34. The summed E-state index contributed by atoms with van der Waals surface area (Å²) in [6, 6.07) is 19.6. The lowest BCUT2D eigenvalue weighted by Gasteiger charge is -2.33. The number of amides is 2. The lowest BCUT2D eigenvalue weighted by atomic mass is 10.1. The third-order valence-corrected chi connectivity index (χ3v) is 8.20. The van der Waals surface area contributed by atoms with Crippen LogP contribution in [-0.2, 0) is 26.2 Å². The minimum absolute atomic E-state index is 0.0320. The van der Waals surface area contributed by atoms with Gasteiger partial charge in [-0.15, -0.1) is 0 Å². The van der Waals surface area contributed by atoms with E-state index in [2.05, 4.69) is 5.32 Å². The molecule has 0 aliphatic carbocycles. The van der Waals surface area contributed by atoms with Gasteiger partial charge in [0, 0.05) is 12.1 Å². The van der Waals surface area contributed by atoms with Crippen LogP contribution in [-0.4, -0.2) is 43.3 Å². The van der Waals surface area contributed by atoms with Crippen molar-refractivity contribution >= 4 is 39.1 Å². The van der Waals surface area contributed by atoms with Crippen molar-refractivity contribution in [3.63, 3.8) is 0 Å². The summed E-state index contributed by atoms with van der Waals surface area (Å²) in [5.41, 5.74) is 2.39. The van der Waals surface area contributed by atoms with Gasteiger partial charge in [0.15, 0.2) is 0 Å². The molecule has 3 rings (SSSR count). The van der Waals surface area contributed by atoms with Crippen LogP contribution in [0.5, 0.6) is 0 Å². The maximum atomic E-state index is 14.0. The number of halogens is 1. The number of para-hydroxylation sites is 1. The molecule has 3 aromatic carbocycles. The molecular formula is C30H36ClN3O4S. The molecule has 0 spiro atoms. The number of nitrogens with zero attached hydrogens (tertiary/aromatic N) is 2. The molecule has 0 radical (unpaired) electrons. The molecule has 0 unspecified atom stereocenters. The molecular weight excluding hydrogens is 534 g/mol. The van der Waals surface area contributed by atoms with Crippen LogP contribution in [0.3, 0.4) is 0 Å². The number of sulfonamides is 1. The third kappa shape index (κ3) is 7.83. The average molecular weight is 570 g/mol. The third-order valence-electron chi connectivity index (χ3n) is 6.11. The molecule has 2 amide bonds. The van der Waals surface area contributed by atoms with Crippen molar-refractivity contribution in [2.45, 2.75) is 64.6 Å². The molecule has 9 heteroatoms. The molecule has 3 aromatic rings. The first-order valence-electron chi connectivity index (χ1n) is 12.7. The Morgan fingerprint density at radius 1 is 0.923 bits per heavy atom. The molecule has 0 heterocycles. The number of carbonyl (C=O) groups excluding carboxylic acids is 2. The van der Waals surface area contributed by atoms with Crippen molar-refractivity contribution in [1.29, 1.82) is 0 Å². The predicted molar refractivity (Wildman–Crippen MR) is 156 cm³/mol. The standard InChI is InChI=1S/C30H36ClN3O4S/c1-21-14-16-25(17-15-21)39(37,38)34(27-13-8-7-12-26(27)31)20-28(35)33(19-24-11-9-10-22(2)18-24)23(3)29(36)32-30(4,5)6/h7-18,23H,19-20H2,1-6H3,(H,32,36)/t23-/m0/s1. The van der Waals surface area contributed by atoms with Crippen LogP contribution in [0, 0.1) is 13.8 Å². The fourth-order valence-electron chi connectivity index (χ4n) is 4.07. The molecule has 39 heavy (non-hydrogen) atoms. The highest BCUT2D eigenvalue weighted by Crippen LogP contribution is 2.31. The number of aryl methyl sites for hydroxylation is 2. The number of carbonyl (C=O) groups is 2. The number of benzene rings is 3. The van der Waals surface area contributed by atoms with Gasteiger partial charge in [0.05, 0.1) is 15.6 Å². The summed E-state index contributed by atoms with van der Waals surface area (Å²) >= 11 is 6.44. The number of rotatable bonds is 9. The second-order valence-electron chi connectivity index (χ2n) is 10.7. The van der Waals surface area contributed by atoms with Crippen LogP contribution in [0.2, 0.25) is 5.02 Å². The Labute approximate surface area is 236 Å². The Balaban J connectivity index is 2.05. The Hall–Kier alpha value is -3.36. The molecule has 208 valence electrons. The fourth-order valence-corrected chi connectivity index (χ4v) is 5.79. The molecule has 0 saturated carbocycles. The van der Waals surface area contributed by atoms with Gasteiger partial charge < -0.3 is 10.2 Å². The average Bonchev–Trinajstić information content (AvgIpc) is 2.85. The summed E-state index contributed by atoms with van der Waals surface area (Å²) in [6.45, 7) is 10.6. The zero-order valence-corrected chi connectivity index (χ0v) is 24.8. The first-order valence-corrected chi connectivity index (χ1v) is 14.5. The van der Waals surface area contributed by atoms with E-state index in [1.165, 1.54) is 17.0 Å². The summed E-state index contributed by atoms with van der Waals surface area (Å²) in [5.74, 6) is -0.877. The van der Waals surface area contributed by atoms with Gasteiger partial charge in [-0.3, -0.25) is 13.9 Å². The minimum atomic E-state index is -4.18. The molecule has 0 aliphatic heterocycles. The lowest BCUT2D eigenvalue weighted by Crippen LogP contribution is -2.54. The molecule has 1 N–H and O–H groups in total. The van der Waals surface area contributed by atoms with E-state index in [0.29, 0.717) is 0 Å². The van der Waals surface area contributed by atoms with Crippen LogP contribution >= 0.6 is 11.6 Å². The van der Waals surface area contributed by atoms with Crippen LogP contribution in [0.15, 0.2) is 77.7 Å². The van der Waals surface area contributed by atoms with E-state index in [4.69, 9.17) is 11.6 Å². The predicted octanol–water partition coefficient (Wildman–Crippen LogP) is 5.48. The van der Waals surface area contributed by atoms with Gasteiger partial charge in [-0.1, -0.05) is 71.3 Å². The first kappa shape index (κ1) is 30.2. The molecule has 1 atom stereocenters. The van der Waals surface area contributed by atoms with Gasteiger partial charge in [-0.2, -0.15) is 0 Å². The topological polar surface area (TPSA) is 86.8 Å². The summed E-state index contributed by atoms with van der Waals surface area (Å²) in [4.78, 5) is 28.6. The van der Waals surface area contributed by atoms with Crippen LogP contribution in [0.25, 0.3) is 0 Å². The van der Waals surface area contributed by atoms with Gasteiger partial charge in [-0.05, 0) is 71.4 Å². The van der Waals surface area contributed by atoms with Crippen LogP contribution in [0.1, 0.15) is 44.4 Å². The van der Waals surface area contributed by atoms with E-state index in [1.54, 1.807) is 43.3 Å². The minimum Gasteiger partial charge on any atom is -0.350 e. The van der Waals surface area contributed by atoms with Gasteiger partial charge in [-0.25, -0.2) is 8.42 Å². The second-order valence-corrected chi connectivity index (χ2v) is 13.0. The quantitative estimate of drug-likeness (QED) is 0.369. The summed E-state index contributed by atoms with van der Waals surface area (Å²) in [7, 11) is -4.18. The van der Waals surface area contributed by atoms with Crippen molar-refractivity contribution in [2.24, 2.45) is 0 Å². The van der Waals surface area contributed by atoms with Gasteiger partial charge in [0.1, 0.15) is 12.6 Å². The van der Waals surface area contributed by atoms with E-state index < -0.39 is 34.1 Å².